The van der Waals surface area contributed by atoms with Crippen molar-refractivity contribution in [2.45, 2.75) is 18.7 Å². The Bertz CT molecular complexity index is 577. The van der Waals surface area contributed by atoms with Crippen LogP contribution in [0.15, 0.2) is 23.8 Å². The van der Waals surface area contributed by atoms with Gasteiger partial charge >= 0.3 is 12.1 Å². The Morgan fingerprint density at radius 3 is 2.45 bits per heavy atom. The Balaban J connectivity index is 2.60. The van der Waals surface area contributed by atoms with E-state index in [1.54, 1.807) is 0 Å². The molecule has 108 valence electrons. The van der Waals surface area contributed by atoms with Crippen molar-refractivity contribution in [1.82, 2.24) is 0 Å². The molecule has 1 aromatic rings. The van der Waals surface area contributed by atoms with Crippen LogP contribution < -0.4 is 4.74 Å². The smallest absolute Gasteiger partial charge is 0.430 e. The first-order valence-electron chi connectivity index (χ1n) is 5.31. The molecule has 1 atom stereocenters. The van der Waals surface area contributed by atoms with E-state index < -0.39 is 41.6 Å². The monoisotopic (exact) mass is 294 g/mol. The number of hydrogen-bond donors (Lipinski definition) is 1. The van der Waals surface area contributed by atoms with Gasteiger partial charge in [0.15, 0.2) is 0 Å². The van der Waals surface area contributed by atoms with E-state index in [9.17, 15) is 26.7 Å². The quantitative estimate of drug-likeness (QED) is 0.850. The molecule has 8 heteroatoms. The third kappa shape index (κ3) is 2.45. The molecule has 1 heterocycles. The van der Waals surface area contributed by atoms with Crippen LogP contribution in [0.25, 0.3) is 6.08 Å². The second kappa shape index (κ2) is 4.77. The highest BCUT2D eigenvalue weighted by atomic mass is 19.4. The van der Waals surface area contributed by atoms with Crippen molar-refractivity contribution in [2.75, 3.05) is 0 Å². The summed E-state index contributed by atoms with van der Waals surface area (Å²) >= 11 is 0. The second-order valence-corrected chi connectivity index (χ2v) is 4.01. The largest absolute Gasteiger partial charge is 0.478 e. The molecule has 0 saturated carbocycles. The summed E-state index contributed by atoms with van der Waals surface area (Å²) in [5.41, 5.74) is -1.88. The van der Waals surface area contributed by atoms with Gasteiger partial charge in [-0.15, -0.1) is 0 Å². The average molecular weight is 294 g/mol. The SMILES string of the molecule is O=C(O)C1=Cc2cccc(C(F)F)c2OC1C(F)(F)F. The molecule has 1 aliphatic heterocycles. The molecule has 0 aromatic heterocycles. The summed E-state index contributed by atoms with van der Waals surface area (Å²) in [4.78, 5) is 10.8. The van der Waals surface area contributed by atoms with Gasteiger partial charge in [-0.2, -0.15) is 13.2 Å². The fourth-order valence-electron chi connectivity index (χ4n) is 1.84. The maximum absolute atomic E-state index is 12.8. The van der Waals surface area contributed by atoms with Gasteiger partial charge in [-0.05, 0) is 12.1 Å². The van der Waals surface area contributed by atoms with Crippen LogP contribution in [0.4, 0.5) is 22.0 Å². The van der Waals surface area contributed by atoms with E-state index >= 15 is 0 Å². The number of carboxylic acids is 1. The summed E-state index contributed by atoms with van der Waals surface area (Å²) in [6.45, 7) is 0. The van der Waals surface area contributed by atoms with Gasteiger partial charge in [-0.25, -0.2) is 13.6 Å². The lowest BCUT2D eigenvalue weighted by Gasteiger charge is -2.28. The standard InChI is InChI=1S/C12H7F5O3/c13-10(14)6-3-1-2-5-4-7(11(18)19)9(12(15,16)17)20-8(5)6/h1-4,9-10H,(H,18,19). The molecule has 0 radical (unpaired) electrons. The lowest BCUT2D eigenvalue weighted by atomic mass is 9.99. The van der Waals surface area contributed by atoms with E-state index in [1.165, 1.54) is 12.1 Å². The summed E-state index contributed by atoms with van der Waals surface area (Å²) in [7, 11) is 0. The van der Waals surface area contributed by atoms with E-state index in [1.807, 2.05) is 0 Å². The van der Waals surface area contributed by atoms with Crippen LogP contribution in [0.3, 0.4) is 0 Å². The van der Waals surface area contributed by atoms with E-state index in [2.05, 4.69) is 4.74 Å². The van der Waals surface area contributed by atoms with Gasteiger partial charge in [-0.3, -0.25) is 0 Å². The maximum atomic E-state index is 12.8. The molecule has 0 spiro atoms. The molecule has 20 heavy (non-hydrogen) atoms. The van der Waals surface area contributed by atoms with Crippen LogP contribution in [-0.4, -0.2) is 23.4 Å². The Hall–Kier alpha value is -2.12. The molecule has 0 bridgehead atoms. The highest BCUT2D eigenvalue weighted by Crippen LogP contribution is 2.41. The fourth-order valence-corrected chi connectivity index (χ4v) is 1.84. The van der Waals surface area contributed by atoms with E-state index in [0.29, 0.717) is 6.08 Å². The number of carboxylic acid groups (broad SMARTS) is 1. The van der Waals surface area contributed by atoms with Gasteiger partial charge in [0.2, 0.25) is 6.10 Å². The molecule has 1 aromatic carbocycles. The lowest BCUT2D eigenvalue weighted by molar-refractivity contribution is -0.187. The van der Waals surface area contributed by atoms with Crippen molar-refractivity contribution in [1.29, 1.82) is 0 Å². The van der Waals surface area contributed by atoms with Crippen LogP contribution in [0.1, 0.15) is 17.6 Å². The van der Waals surface area contributed by atoms with E-state index in [0.717, 1.165) is 6.07 Å². The molecule has 1 unspecified atom stereocenters. The maximum Gasteiger partial charge on any atom is 0.430 e. The van der Waals surface area contributed by atoms with Gasteiger partial charge in [0, 0.05) is 5.56 Å². The Morgan fingerprint density at radius 1 is 1.30 bits per heavy atom. The number of para-hydroxylation sites is 1. The predicted octanol–water partition coefficient (Wildman–Crippen LogP) is 3.42. The molecule has 3 nitrogen and oxygen atoms in total. The third-order valence-electron chi connectivity index (χ3n) is 2.68. The summed E-state index contributed by atoms with van der Waals surface area (Å²) in [6.07, 6.45) is -10.1. The average Bonchev–Trinajstić information content (AvgIpc) is 2.35. The molecule has 0 fully saturated rings. The fraction of sp³-hybridized carbons (Fsp3) is 0.250. The van der Waals surface area contributed by atoms with Gasteiger partial charge in [0.05, 0.1) is 11.1 Å². The molecule has 0 aliphatic carbocycles. The molecule has 2 rings (SSSR count). The molecule has 1 aliphatic rings. The Labute approximate surface area is 109 Å². The summed E-state index contributed by atoms with van der Waals surface area (Å²) in [5.74, 6) is -2.46. The summed E-state index contributed by atoms with van der Waals surface area (Å²) in [5, 5.41) is 8.78. The first kappa shape index (κ1) is 14.3. The van der Waals surface area contributed by atoms with Crippen LogP contribution in [0.5, 0.6) is 5.75 Å². The topological polar surface area (TPSA) is 46.5 Å². The normalized spacial score (nSPS) is 18.3. The van der Waals surface area contributed by atoms with Crippen molar-refractivity contribution >= 4 is 12.0 Å². The molecular formula is C12H7F5O3. The van der Waals surface area contributed by atoms with Crippen molar-refractivity contribution in [3.63, 3.8) is 0 Å². The molecule has 0 saturated heterocycles. The van der Waals surface area contributed by atoms with E-state index in [4.69, 9.17) is 5.11 Å². The van der Waals surface area contributed by atoms with Crippen LogP contribution >= 0.6 is 0 Å². The molecule has 0 amide bonds. The van der Waals surface area contributed by atoms with Crippen LogP contribution in [0, 0.1) is 0 Å². The highest BCUT2D eigenvalue weighted by molar-refractivity contribution is 5.95. The Morgan fingerprint density at radius 2 is 1.95 bits per heavy atom. The number of rotatable bonds is 2. The number of ether oxygens (including phenoxy) is 1. The zero-order valence-electron chi connectivity index (χ0n) is 9.62. The van der Waals surface area contributed by atoms with Crippen molar-refractivity contribution in [3.05, 3.63) is 34.9 Å². The summed E-state index contributed by atoms with van der Waals surface area (Å²) in [6, 6.07) is 3.32. The number of hydrogen-bond acceptors (Lipinski definition) is 2. The molecule has 1 N–H and O–H groups in total. The minimum absolute atomic E-state index is 0.124. The Kier molecular flexibility index (Phi) is 3.41. The van der Waals surface area contributed by atoms with Crippen molar-refractivity contribution < 1.29 is 36.6 Å². The number of aliphatic carboxylic acids is 1. The van der Waals surface area contributed by atoms with Gasteiger partial charge in [0.1, 0.15) is 5.75 Å². The van der Waals surface area contributed by atoms with Gasteiger partial charge in [0.25, 0.3) is 6.43 Å². The third-order valence-corrected chi connectivity index (χ3v) is 2.68. The van der Waals surface area contributed by atoms with Crippen LogP contribution in [0.2, 0.25) is 0 Å². The van der Waals surface area contributed by atoms with Gasteiger partial charge < -0.3 is 9.84 Å². The van der Waals surface area contributed by atoms with Crippen LogP contribution in [-0.2, 0) is 4.79 Å². The number of alkyl halides is 5. The second-order valence-electron chi connectivity index (χ2n) is 4.01. The highest BCUT2D eigenvalue weighted by Gasteiger charge is 2.49. The number of carbonyl (C=O) groups is 1. The first-order chi connectivity index (χ1) is 9.21. The summed E-state index contributed by atoms with van der Waals surface area (Å²) < 4.78 is 68.3. The first-order valence-corrected chi connectivity index (χ1v) is 5.31. The number of benzene rings is 1. The lowest BCUT2D eigenvalue weighted by Crippen LogP contribution is -2.40. The zero-order valence-corrected chi connectivity index (χ0v) is 9.62. The zero-order chi connectivity index (χ0) is 15.1. The van der Waals surface area contributed by atoms with Crippen molar-refractivity contribution in [3.8, 4) is 5.75 Å². The molecular weight excluding hydrogens is 287 g/mol. The predicted molar refractivity (Wildman–Crippen MR) is 57.5 cm³/mol. The van der Waals surface area contributed by atoms with E-state index in [-0.39, 0.29) is 5.56 Å². The minimum atomic E-state index is -5.02. The number of fused-ring (bicyclic) bond motifs is 1. The number of halogens is 5. The minimum Gasteiger partial charge on any atom is -0.478 e. The van der Waals surface area contributed by atoms with Gasteiger partial charge in [-0.1, -0.05) is 12.1 Å². The van der Waals surface area contributed by atoms with Crippen molar-refractivity contribution in [2.24, 2.45) is 0 Å².